The SMILES string of the molecule is CC1(C)c2ccccc2-c2ccc(N(c3cccc(-c4ccccc4)c3)c3ccc4c(c3)C3(c5ccccc5C4(c4ccccc4)c4ccccc4)C4CC5CC(C4)CC3C5)cc21. The Morgan fingerprint density at radius 2 is 0.857 bits per heavy atom. The third kappa shape index (κ3) is 5.17. The highest BCUT2D eigenvalue weighted by atomic mass is 15.1. The van der Waals surface area contributed by atoms with Crippen molar-refractivity contribution in [1.29, 1.82) is 0 Å². The zero-order chi connectivity index (χ0) is 41.9. The number of anilines is 3. The molecule has 0 amide bonds. The first kappa shape index (κ1) is 37.1. The molecule has 4 bridgehead atoms. The van der Waals surface area contributed by atoms with Crippen molar-refractivity contribution >= 4 is 17.1 Å². The van der Waals surface area contributed by atoms with Crippen LogP contribution >= 0.6 is 0 Å². The van der Waals surface area contributed by atoms with E-state index < -0.39 is 5.41 Å². The topological polar surface area (TPSA) is 3.24 Å². The van der Waals surface area contributed by atoms with Gasteiger partial charge in [-0.15, -0.1) is 0 Å². The van der Waals surface area contributed by atoms with Gasteiger partial charge in [-0.25, -0.2) is 0 Å². The van der Waals surface area contributed by atoms with Gasteiger partial charge >= 0.3 is 0 Å². The Morgan fingerprint density at radius 3 is 1.52 bits per heavy atom. The van der Waals surface area contributed by atoms with Crippen molar-refractivity contribution in [3.63, 3.8) is 0 Å². The zero-order valence-corrected chi connectivity index (χ0v) is 36.3. The van der Waals surface area contributed by atoms with Gasteiger partial charge in [-0.05, 0) is 159 Å². The summed E-state index contributed by atoms with van der Waals surface area (Å²) in [5.41, 5.74) is 19.6. The lowest BCUT2D eigenvalue weighted by Crippen LogP contribution is -2.59. The number of nitrogens with zero attached hydrogens (tertiary/aromatic N) is 1. The van der Waals surface area contributed by atoms with Gasteiger partial charge in [-0.1, -0.05) is 178 Å². The van der Waals surface area contributed by atoms with Gasteiger partial charge in [0, 0.05) is 27.9 Å². The second kappa shape index (κ2) is 13.8. The minimum atomic E-state index is -0.478. The van der Waals surface area contributed by atoms with Gasteiger partial charge in [0.2, 0.25) is 0 Å². The molecular formula is C62H53N. The zero-order valence-electron chi connectivity index (χ0n) is 36.3. The Hall–Kier alpha value is -6.44. The maximum atomic E-state index is 2.70. The van der Waals surface area contributed by atoms with Crippen LogP contribution < -0.4 is 4.90 Å². The fraction of sp³-hybridized carbons (Fsp3) is 0.226. The summed E-state index contributed by atoms with van der Waals surface area (Å²) in [6.07, 6.45) is 6.76. The van der Waals surface area contributed by atoms with Crippen molar-refractivity contribution in [2.75, 3.05) is 4.90 Å². The van der Waals surface area contributed by atoms with Crippen LogP contribution in [0.3, 0.4) is 0 Å². The van der Waals surface area contributed by atoms with E-state index in [1.165, 1.54) is 105 Å². The molecule has 0 radical (unpaired) electrons. The van der Waals surface area contributed by atoms with Crippen LogP contribution in [0.2, 0.25) is 0 Å². The Balaban J connectivity index is 1.11. The van der Waals surface area contributed by atoms with E-state index in [1.807, 2.05) is 0 Å². The molecule has 306 valence electrons. The lowest BCUT2D eigenvalue weighted by atomic mass is 9.38. The Kier molecular flexibility index (Phi) is 8.12. The summed E-state index contributed by atoms with van der Waals surface area (Å²) in [4.78, 5) is 2.59. The molecule has 1 heteroatoms. The largest absolute Gasteiger partial charge is 0.310 e. The molecule has 4 saturated carbocycles. The van der Waals surface area contributed by atoms with Crippen LogP contribution in [0, 0.1) is 23.7 Å². The molecule has 1 nitrogen and oxygen atoms in total. The third-order valence-corrected chi connectivity index (χ3v) is 16.8. The van der Waals surface area contributed by atoms with Crippen molar-refractivity contribution in [1.82, 2.24) is 0 Å². The number of benzene rings is 8. The fourth-order valence-corrected chi connectivity index (χ4v) is 14.5. The second-order valence-electron chi connectivity index (χ2n) is 20.1. The van der Waals surface area contributed by atoms with Gasteiger partial charge in [-0.2, -0.15) is 0 Å². The van der Waals surface area contributed by atoms with E-state index in [-0.39, 0.29) is 10.8 Å². The molecule has 0 aromatic heterocycles. The van der Waals surface area contributed by atoms with Crippen molar-refractivity contribution < 1.29 is 0 Å². The average molecular weight is 812 g/mol. The van der Waals surface area contributed by atoms with Crippen LogP contribution in [0.1, 0.15) is 90.5 Å². The molecular weight excluding hydrogens is 759 g/mol. The number of hydrogen-bond acceptors (Lipinski definition) is 1. The van der Waals surface area contributed by atoms with Gasteiger partial charge < -0.3 is 4.90 Å². The summed E-state index contributed by atoms with van der Waals surface area (Å²) >= 11 is 0. The van der Waals surface area contributed by atoms with E-state index in [0.29, 0.717) is 11.8 Å². The average Bonchev–Trinajstić information content (AvgIpc) is 3.56. The summed E-state index contributed by atoms with van der Waals surface area (Å²) < 4.78 is 0. The van der Waals surface area contributed by atoms with Crippen LogP contribution in [0.4, 0.5) is 17.1 Å². The second-order valence-corrected chi connectivity index (χ2v) is 20.1. The Morgan fingerprint density at radius 1 is 0.365 bits per heavy atom. The van der Waals surface area contributed by atoms with Crippen LogP contribution in [0.5, 0.6) is 0 Å². The van der Waals surface area contributed by atoms with Gasteiger partial charge in [0.05, 0.1) is 5.41 Å². The van der Waals surface area contributed by atoms with E-state index in [9.17, 15) is 0 Å². The van der Waals surface area contributed by atoms with E-state index in [0.717, 1.165) is 11.8 Å². The number of rotatable bonds is 6. The molecule has 0 heterocycles. The fourth-order valence-electron chi connectivity index (χ4n) is 14.5. The molecule has 0 N–H and O–H groups in total. The van der Waals surface area contributed by atoms with Gasteiger partial charge in [-0.3, -0.25) is 0 Å². The molecule has 63 heavy (non-hydrogen) atoms. The Bertz CT molecular complexity index is 2980. The summed E-state index contributed by atoms with van der Waals surface area (Å²) in [5.74, 6) is 2.93. The molecule has 0 aliphatic heterocycles. The Labute approximate surface area is 373 Å². The molecule has 6 aliphatic carbocycles. The van der Waals surface area contributed by atoms with Gasteiger partial charge in [0.1, 0.15) is 0 Å². The van der Waals surface area contributed by atoms with Gasteiger partial charge in [0.25, 0.3) is 0 Å². The monoisotopic (exact) mass is 811 g/mol. The molecule has 1 spiro atoms. The maximum Gasteiger partial charge on any atom is 0.0707 e. The highest BCUT2D eigenvalue weighted by Gasteiger charge is 2.63. The van der Waals surface area contributed by atoms with Crippen LogP contribution in [0.25, 0.3) is 22.3 Å². The predicted molar refractivity (Wildman–Crippen MR) is 260 cm³/mol. The minimum absolute atomic E-state index is 0.0679. The normalized spacial score (nSPS) is 23.7. The highest BCUT2D eigenvalue weighted by molar-refractivity contribution is 5.87. The summed E-state index contributed by atoms with van der Waals surface area (Å²) in [6, 6.07) is 76.9. The summed E-state index contributed by atoms with van der Waals surface area (Å²) in [5, 5.41) is 0. The molecule has 8 aromatic carbocycles. The highest BCUT2D eigenvalue weighted by Crippen LogP contribution is 2.70. The van der Waals surface area contributed by atoms with E-state index in [4.69, 9.17) is 0 Å². The lowest BCUT2D eigenvalue weighted by molar-refractivity contribution is -0.0440. The van der Waals surface area contributed by atoms with Gasteiger partial charge in [0.15, 0.2) is 0 Å². The molecule has 14 rings (SSSR count). The third-order valence-electron chi connectivity index (χ3n) is 16.8. The quantitative estimate of drug-likeness (QED) is 0.162. The molecule has 6 aliphatic rings. The predicted octanol–water partition coefficient (Wildman–Crippen LogP) is 15.6. The smallest absolute Gasteiger partial charge is 0.0707 e. The number of hydrogen-bond donors (Lipinski definition) is 0. The summed E-state index contributed by atoms with van der Waals surface area (Å²) in [6.45, 7) is 4.81. The molecule has 0 saturated heterocycles. The molecule has 0 unspecified atom stereocenters. The lowest BCUT2D eigenvalue weighted by Gasteiger charge is -2.65. The van der Waals surface area contributed by atoms with E-state index in [1.54, 1.807) is 11.1 Å². The summed E-state index contributed by atoms with van der Waals surface area (Å²) in [7, 11) is 0. The molecule has 8 aromatic rings. The van der Waals surface area contributed by atoms with Crippen molar-refractivity contribution in [2.45, 2.75) is 62.2 Å². The molecule has 0 atom stereocenters. The van der Waals surface area contributed by atoms with E-state index in [2.05, 4.69) is 219 Å². The van der Waals surface area contributed by atoms with Crippen LogP contribution in [-0.2, 0) is 16.2 Å². The maximum absolute atomic E-state index is 2.70. The van der Waals surface area contributed by atoms with Crippen molar-refractivity contribution in [3.05, 3.63) is 245 Å². The first-order valence-electron chi connectivity index (χ1n) is 23.5. The first-order chi connectivity index (χ1) is 31.0. The number of fused-ring (bicyclic) bond motifs is 5. The van der Waals surface area contributed by atoms with Crippen LogP contribution in [0.15, 0.2) is 200 Å². The first-order valence-corrected chi connectivity index (χ1v) is 23.5. The molecule has 4 fully saturated rings. The van der Waals surface area contributed by atoms with Crippen molar-refractivity contribution in [2.24, 2.45) is 23.7 Å². The minimum Gasteiger partial charge on any atom is -0.310 e. The van der Waals surface area contributed by atoms with Crippen molar-refractivity contribution in [3.8, 4) is 22.3 Å². The standard InChI is InChI=1S/C62H53N/c1-60(2)54-26-13-12-25-52(54)53-31-29-50(39-58(53)60)63(49-24-16-19-44(38-49)43-17-6-3-7-18-43)51-30-32-57-59(40-51)62(47-34-41-33-42(36-47)37-48(62)35-41)56-28-15-14-27-55(56)61(57,45-20-8-4-9-21-45)46-22-10-5-11-23-46/h3-32,38-42,47-48H,33-37H2,1-2H3. The van der Waals surface area contributed by atoms with Crippen LogP contribution in [-0.4, -0.2) is 0 Å². The van der Waals surface area contributed by atoms with E-state index >= 15 is 0 Å².